The third kappa shape index (κ3) is 7.37. The van der Waals surface area contributed by atoms with Gasteiger partial charge in [0.2, 0.25) is 0 Å². The van der Waals surface area contributed by atoms with Gasteiger partial charge in [0.15, 0.2) is 19.7 Å². The number of fused-ring (bicyclic) bond motifs is 1. The number of carbonyl (C=O) groups excluding carboxylic acids is 1. The second-order valence-electron chi connectivity index (χ2n) is 14.5. The van der Waals surface area contributed by atoms with Crippen molar-refractivity contribution in [3.05, 3.63) is 59.4 Å². The number of hydrogen-bond donors (Lipinski definition) is 1. The van der Waals surface area contributed by atoms with Gasteiger partial charge in [0.25, 0.3) is 5.91 Å². The minimum absolute atomic E-state index is 0.0248. The number of pyridine rings is 2. The molecule has 1 aromatic carbocycles. The molecule has 1 N–H and O–H groups in total. The third-order valence-electron chi connectivity index (χ3n) is 10.3. The summed E-state index contributed by atoms with van der Waals surface area (Å²) in [5.41, 5.74) is 5.49. The summed E-state index contributed by atoms with van der Waals surface area (Å²) in [6.45, 7) is 9.99. The number of ether oxygens (including phenoxy) is 3. The van der Waals surface area contributed by atoms with E-state index in [0.717, 1.165) is 55.2 Å². The van der Waals surface area contributed by atoms with E-state index in [1.807, 2.05) is 43.6 Å². The molecule has 6 rings (SSSR count). The SMILES string of the molecule is COc1cc(C(=O)N(C)CCCC(C)(C)[Si](C)(C)O)cnc1-c1cc2ncc(C3CC3)c(-c3ccc(OC4CCOCC4)c(C#N)c3)c2o1. The number of methoxy groups -OCH3 is 1. The molecule has 1 saturated carbocycles. The van der Waals surface area contributed by atoms with Crippen LogP contribution in [0, 0.1) is 11.3 Å². The Morgan fingerprint density at radius 1 is 1.10 bits per heavy atom. The van der Waals surface area contributed by atoms with Gasteiger partial charge in [0.1, 0.15) is 34.9 Å². The number of nitriles is 1. The van der Waals surface area contributed by atoms with Gasteiger partial charge in [-0.25, -0.2) is 4.98 Å². The average Bonchev–Trinajstić information content (AvgIpc) is 3.85. The van der Waals surface area contributed by atoms with E-state index in [-0.39, 0.29) is 17.0 Å². The summed E-state index contributed by atoms with van der Waals surface area (Å²) in [4.78, 5) is 35.1. The average molecular weight is 683 g/mol. The van der Waals surface area contributed by atoms with Crippen LogP contribution in [0.1, 0.15) is 79.8 Å². The molecule has 0 bridgehead atoms. The number of benzene rings is 1. The minimum Gasteiger partial charge on any atom is -0.494 e. The summed E-state index contributed by atoms with van der Waals surface area (Å²) < 4.78 is 24.0. The molecule has 4 heterocycles. The second-order valence-corrected chi connectivity index (χ2v) is 19.0. The molecule has 0 spiro atoms. The maximum absolute atomic E-state index is 13.4. The van der Waals surface area contributed by atoms with Gasteiger partial charge in [-0.05, 0) is 79.1 Å². The molecular weight excluding hydrogens is 637 g/mol. The molecule has 258 valence electrons. The molecule has 2 aliphatic rings. The summed E-state index contributed by atoms with van der Waals surface area (Å²) in [5.74, 6) is 1.68. The zero-order valence-corrected chi connectivity index (χ0v) is 30.3. The van der Waals surface area contributed by atoms with Gasteiger partial charge in [-0.15, -0.1) is 0 Å². The number of nitrogens with zero attached hydrogens (tertiary/aromatic N) is 4. The van der Waals surface area contributed by atoms with Crippen LogP contribution < -0.4 is 9.47 Å². The van der Waals surface area contributed by atoms with Gasteiger partial charge < -0.3 is 28.3 Å². The maximum atomic E-state index is 13.4. The van der Waals surface area contributed by atoms with E-state index in [0.29, 0.717) is 70.9 Å². The zero-order valence-electron chi connectivity index (χ0n) is 29.3. The normalized spacial score (nSPS) is 15.6. The first-order chi connectivity index (χ1) is 23.4. The lowest BCUT2D eigenvalue weighted by molar-refractivity contribution is 0.0254. The number of amides is 1. The Kier molecular flexibility index (Phi) is 9.85. The first-order valence-electron chi connectivity index (χ1n) is 17.1. The Labute approximate surface area is 289 Å². The second kappa shape index (κ2) is 13.9. The molecule has 11 heteroatoms. The molecule has 49 heavy (non-hydrogen) atoms. The van der Waals surface area contributed by atoms with Crippen LogP contribution in [-0.4, -0.2) is 73.9 Å². The van der Waals surface area contributed by atoms with Crippen molar-refractivity contribution in [1.82, 2.24) is 14.9 Å². The number of carbonyl (C=O) groups is 1. The van der Waals surface area contributed by atoms with Crippen molar-refractivity contribution < 1.29 is 28.2 Å². The summed E-state index contributed by atoms with van der Waals surface area (Å²) in [6, 6.07) is 11.6. The van der Waals surface area contributed by atoms with Crippen molar-refractivity contribution in [2.24, 2.45) is 0 Å². The van der Waals surface area contributed by atoms with Crippen molar-refractivity contribution in [3.63, 3.8) is 0 Å². The highest BCUT2D eigenvalue weighted by Crippen LogP contribution is 2.48. The molecule has 2 fully saturated rings. The zero-order chi connectivity index (χ0) is 34.9. The summed E-state index contributed by atoms with van der Waals surface area (Å²) >= 11 is 0. The molecule has 3 aromatic heterocycles. The molecular formula is C38H46N4O6Si. The third-order valence-corrected chi connectivity index (χ3v) is 13.9. The molecule has 10 nitrogen and oxygen atoms in total. The van der Waals surface area contributed by atoms with Crippen LogP contribution in [0.4, 0.5) is 0 Å². The highest BCUT2D eigenvalue weighted by Gasteiger charge is 2.37. The Morgan fingerprint density at radius 3 is 2.53 bits per heavy atom. The number of furan rings is 1. The Balaban J connectivity index is 1.28. The van der Waals surface area contributed by atoms with Crippen molar-refractivity contribution >= 4 is 25.3 Å². The molecule has 1 amide bonds. The topological polar surface area (TPSA) is 131 Å². The fourth-order valence-corrected chi connectivity index (χ4v) is 7.04. The standard InChI is InChI=1S/C38H46N4O6Si/c1-38(2,49(5,6)44)14-7-15-42(3)37(43)27-19-32(45-4)35(41-22-27)33-20-30-36(48-33)34(29(23-40-30)24-8-9-24)25-10-11-31(26(18-25)21-39)47-28-12-16-46-17-13-28/h10-11,18-20,22-24,28,44H,7-9,12-17H2,1-6H3. The largest absolute Gasteiger partial charge is 0.494 e. The van der Waals surface area contributed by atoms with Crippen LogP contribution in [0.5, 0.6) is 11.5 Å². The molecule has 0 unspecified atom stereocenters. The summed E-state index contributed by atoms with van der Waals surface area (Å²) in [6.07, 6.45) is 8.85. The first kappa shape index (κ1) is 34.6. The maximum Gasteiger partial charge on any atom is 0.255 e. The van der Waals surface area contributed by atoms with Crippen molar-refractivity contribution in [1.29, 1.82) is 5.26 Å². The van der Waals surface area contributed by atoms with E-state index >= 15 is 0 Å². The summed E-state index contributed by atoms with van der Waals surface area (Å²) in [7, 11) is 1.01. The number of rotatable bonds is 12. The van der Waals surface area contributed by atoms with Crippen LogP contribution in [0.2, 0.25) is 18.1 Å². The highest BCUT2D eigenvalue weighted by molar-refractivity contribution is 6.72. The van der Waals surface area contributed by atoms with Gasteiger partial charge in [-0.2, -0.15) is 5.26 Å². The van der Waals surface area contributed by atoms with Crippen LogP contribution in [-0.2, 0) is 4.74 Å². The van der Waals surface area contributed by atoms with E-state index in [4.69, 9.17) is 23.6 Å². The van der Waals surface area contributed by atoms with Crippen molar-refractivity contribution in [2.75, 3.05) is 33.9 Å². The fraction of sp³-hybridized carbons (Fsp3) is 0.474. The lowest BCUT2D eigenvalue weighted by Crippen LogP contribution is -2.39. The van der Waals surface area contributed by atoms with E-state index < -0.39 is 8.32 Å². The van der Waals surface area contributed by atoms with Gasteiger partial charge in [0, 0.05) is 50.5 Å². The number of aromatic nitrogens is 2. The smallest absolute Gasteiger partial charge is 0.255 e. The van der Waals surface area contributed by atoms with E-state index in [1.54, 1.807) is 31.3 Å². The molecule has 1 saturated heterocycles. The van der Waals surface area contributed by atoms with E-state index in [9.17, 15) is 14.9 Å². The molecule has 1 aliphatic heterocycles. The minimum atomic E-state index is -2.32. The van der Waals surface area contributed by atoms with Gasteiger partial charge in [0.05, 0.1) is 31.5 Å². The predicted molar refractivity (Wildman–Crippen MR) is 190 cm³/mol. The molecule has 0 radical (unpaired) electrons. The van der Waals surface area contributed by atoms with Crippen LogP contribution in [0.25, 0.3) is 33.7 Å². The van der Waals surface area contributed by atoms with Crippen molar-refractivity contribution in [2.45, 2.75) is 82.5 Å². The number of hydrogen-bond acceptors (Lipinski definition) is 9. The lowest BCUT2D eigenvalue weighted by Gasteiger charge is -2.35. The van der Waals surface area contributed by atoms with Crippen LogP contribution >= 0.6 is 0 Å². The fourth-order valence-electron chi connectivity index (χ4n) is 6.25. The van der Waals surface area contributed by atoms with Gasteiger partial charge in [-0.1, -0.05) is 19.9 Å². The van der Waals surface area contributed by atoms with E-state index in [2.05, 4.69) is 24.9 Å². The molecule has 0 atom stereocenters. The van der Waals surface area contributed by atoms with Gasteiger partial charge in [-0.3, -0.25) is 9.78 Å². The van der Waals surface area contributed by atoms with Gasteiger partial charge >= 0.3 is 0 Å². The van der Waals surface area contributed by atoms with Crippen LogP contribution in [0.3, 0.4) is 0 Å². The lowest BCUT2D eigenvalue weighted by atomic mass is 9.96. The molecule has 1 aliphatic carbocycles. The quantitative estimate of drug-likeness (QED) is 0.149. The molecule has 4 aromatic rings. The Hall–Kier alpha value is -4.24. The summed E-state index contributed by atoms with van der Waals surface area (Å²) in [5, 5.41) is 9.94. The highest BCUT2D eigenvalue weighted by atomic mass is 28.4. The Morgan fingerprint density at radius 2 is 1.86 bits per heavy atom. The Bertz CT molecular complexity index is 1880. The first-order valence-corrected chi connectivity index (χ1v) is 20.1. The monoisotopic (exact) mass is 682 g/mol. The van der Waals surface area contributed by atoms with Crippen LogP contribution in [0.15, 0.2) is 47.1 Å². The van der Waals surface area contributed by atoms with E-state index in [1.165, 1.54) is 0 Å². The van der Waals surface area contributed by atoms with Crippen molar-refractivity contribution in [3.8, 4) is 40.1 Å². The predicted octanol–water partition coefficient (Wildman–Crippen LogP) is 7.70.